The van der Waals surface area contributed by atoms with E-state index in [2.05, 4.69) is 5.73 Å². The first-order chi connectivity index (χ1) is 15.1. The molecule has 0 amide bonds. The van der Waals surface area contributed by atoms with Crippen molar-refractivity contribution in [2.75, 3.05) is 20.6 Å². The van der Waals surface area contributed by atoms with Gasteiger partial charge in [0, 0.05) is 36.8 Å². The Labute approximate surface area is 186 Å². The van der Waals surface area contributed by atoms with E-state index in [1.54, 1.807) is 36.4 Å². The maximum Gasteiger partial charge on any atom is 0.335 e. The molecule has 1 heterocycles. The summed E-state index contributed by atoms with van der Waals surface area (Å²) in [5, 5.41) is 10.2. The molecule has 32 heavy (non-hydrogen) atoms. The number of allylic oxidation sites excluding steroid dienone is 1. The topological polar surface area (TPSA) is 107 Å². The van der Waals surface area contributed by atoms with Gasteiger partial charge in [-0.05, 0) is 54.8 Å². The smallest absolute Gasteiger partial charge is 0.335 e. The van der Waals surface area contributed by atoms with Gasteiger partial charge in [-0.3, -0.25) is 0 Å². The van der Waals surface area contributed by atoms with E-state index in [4.69, 9.17) is 0 Å². The molecular formula is C23H27FN3O4S+. The van der Waals surface area contributed by atoms with Crippen molar-refractivity contribution in [2.24, 2.45) is 0 Å². The van der Waals surface area contributed by atoms with Gasteiger partial charge < -0.3 is 15.4 Å². The molecule has 3 aromatic rings. The van der Waals surface area contributed by atoms with Crippen molar-refractivity contribution in [2.45, 2.75) is 24.8 Å². The van der Waals surface area contributed by atoms with Crippen LogP contribution in [0.3, 0.4) is 0 Å². The second-order valence-electron chi connectivity index (χ2n) is 7.74. The van der Waals surface area contributed by atoms with Gasteiger partial charge in [0.1, 0.15) is 5.83 Å². The van der Waals surface area contributed by atoms with E-state index in [1.165, 1.54) is 26.2 Å². The van der Waals surface area contributed by atoms with E-state index in [-0.39, 0.29) is 22.8 Å². The highest BCUT2D eigenvalue weighted by Gasteiger charge is 2.19. The summed E-state index contributed by atoms with van der Waals surface area (Å²) in [6, 6.07) is 11.4. The van der Waals surface area contributed by atoms with Gasteiger partial charge in [0.25, 0.3) is 0 Å². The minimum atomic E-state index is -3.53. The molecule has 4 N–H and O–H groups in total. The average Bonchev–Trinajstić information content (AvgIpc) is 2.99. The van der Waals surface area contributed by atoms with Crippen molar-refractivity contribution in [3.63, 3.8) is 0 Å². The second-order valence-corrected chi connectivity index (χ2v) is 9.89. The SMILES string of the molecule is Cc1c(Cc2ccc(S(=O)(=O)N(C)C)cc2)c2cc(C(=O)O)ccc2n1C/C(F)=C/C[NH3+]. The van der Waals surface area contributed by atoms with Crippen LogP contribution >= 0.6 is 0 Å². The van der Waals surface area contributed by atoms with Crippen LogP contribution in [0.5, 0.6) is 0 Å². The molecule has 0 atom stereocenters. The number of carbonyl (C=O) groups is 1. The van der Waals surface area contributed by atoms with E-state index in [9.17, 15) is 22.7 Å². The summed E-state index contributed by atoms with van der Waals surface area (Å²) >= 11 is 0. The summed E-state index contributed by atoms with van der Waals surface area (Å²) < 4.78 is 41.9. The third kappa shape index (κ3) is 4.59. The van der Waals surface area contributed by atoms with Gasteiger partial charge in [0.05, 0.1) is 23.5 Å². The van der Waals surface area contributed by atoms with Crippen LogP contribution in [0, 0.1) is 6.92 Å². The molecule has 0 unspecified atom stereocenters. The van der Waals surface area contributed by atoms with Crippen LogP contribution in [0.15, 0.2) is 59.3 Å². The largest absolute Gasteiger partial charge is 0.478 e. The molecule has 0 radical (unpaired) electrons. The molecule has 0 aliphatic heterocycles. The Bertz CT molecular complexity index is 1290. The van der Waals surface area contributed by atoms with Crippen LogP contribution in [-0.4, -0.2) is 49.0 Å². The zero-order chi connectivity index (χ0) is 23.6. The van der Waals surface area contributed by atoms with E-state index in [1.807, 2.05) is 11.5 Å². The standard InChI is InChI=1S/C23H26FN3O4S/c1-15-20(12-16-4-7-19(8-5-16)32(30,31)26(2)3)21-13-17(23(28)29)6-9-22(21)27(15)14-18(24)10-11-25/h4-10,13H,11-12,14,25H2,1-3H3,(H,28,29)/p+1/b18-10-. The highest BCUT2D eigenvalue weighted by atomic mass is 32.2. The fourth-order valence-electron chi connectivity index (χ4n) is 3.68. The highest BCUT2D eigenvalue weighted by Crippen LogP contribution is 2.30. The van der Waals surface area contributed by atoms with Crippen LogP contribution in [0.1, 0.15) is 27.2 Å². The highest BCUT2D eigenvalue weighted by molar-refractivity contribution is 7.89. The van der Waals surface area contributed by atoms with Gasteiger partial charge in [0.2, 0.25) is 10.0 Å². The number of sulfonamides is 1. The number of aromatic nitrogens is 1. The summed E-state index contributed by atoms with van der Waals surface area (Å²) in [5.41, 5.74) is 7.08. The van der Waals surface area contributed by atoms with Gasteiger partial charge in [-0.15, -0.1) is 0 Å². The number of hydrogen-bond donors (Lipinski definition) is 2. The number of rotatable bonds is 8. The van der Waals surface area contributed by atoms with Crippen LogP contribution in [0.2, 0.25) is 0 Å². The molecule has 170 valence electrons. The number of nitrogens with zero attached hydrogens (tertiary/aromatic N) is 2. The number of carboxylic acids is 1. The Morgan fingerprint density at radius 3 is 2.41 bits per heavy atom. The number of carboxylic acid groups (broad SMARTS) is 1. The predicted octanol–water partition coefficient (Wildman–Crippen LogP) is 2.58. The van der Waals surface area contributed by atoms with E-state index >= 15 is 0 Å². The number of halogens is 1. The fourth-order valence-corrected chi connectivity index (χ4v) is 4.58. The van der Waals surface area contributed by atoms with Crippen LogP contribution in [-0.2, 0) is 23.0 Å². The molecule has 0 saturated carbocycles. The van der Waals surface area contributed by atoms with Gasteiger partial charge in [-0.2, -0.15) is 0 Å². The molecule has 0 fully saturated rings. The number of hydrogen-bond acceptors (Lipinski definition) is 3. The molecule has 1 aromatic heterocycles. The van der Waals surface area contributed by atoms with E-state index < -0.39 is 16.0 Å². The molecule has 2 aromatic carbocycles. The first-order valence-corrected chi connectivity index (χ1v) is 11.5. The summed E-state index contributed by atoms with van der Waals surface area (Å²) in [6.45, 7) is 2.24. The number of benzene rings is 2. The van der Waals surface area contributed by atoms with Crippen LogP contribution in [0.4, 0.5) is 4.39 Å². The summed E-state index contributed by atoms with van der Waals surface area (Å²) in [6.07, 6.45) is 1.86. The Balaban J connectivity index is 2.09. The minimum absolute atomic E-state index is 0.0320. The first kappa shape index (κ1) is 23.6. The Morgan fingerprint density at radius 1 is 1.19 bits per heavy atom. The monoisotopic (exact) mass is 460 g/mol. The van der Waals surface area contributed by atoms with Gasteiger partial charge in [0.15, 0.2) is 0 Å². The van der Waals surface area contributed by atoms with Crippen molar-refractivity contribution < 1.29 is 28.4 Å². The lowest BCUT2D eigenvalue weighted by atomic mass is 10.0. The summed E-state index contributed by atoms with van der Waals surface area (Å²) in [4.78, 5) is 11.7. The molecular weight excluding hydrogens is 433 g/mol. The first-order valence-electron chi connectivity index (χ1n) is 10.1. The van der Waals surface area contributed by atoms with Crippen molar-refractivity contribution in [1.29, 1.82) is 0 Å². The molecule has 7 nitrogen and oxygen atoms in total. The number of aromatic carboxylic acids is 1. The van der Waals surface area contributed by atoms with Gasteiger partial charge in [-0.25, -0.2) is 21.9 Å². The van der Waals surface area contributed by atoms with Gasteiger partial charge in [-0.1, -0.05) is 12.1 Å². The summed E-state index contributed by atoms with van der Waals surface area (Å²) in [5.74, 6) is -1.35. The molecule has 0 aliphatic rings. The third-order valence-corrected chi connectivity index (χ3v) is 7.29. The van der Waals surface area contributed by atoms with E-state index in [0.29, 0.717) is 13.0 Å². The molecule has 3 rings (SSSR count). The Hall–Kier alpha value is -3.01. The third-order valence-electron chi connectivity index (χ3n) is 5.46. The minimum Gasteiger partial charge on any atom is -0.478 e. The summed E-state index contributed by atoms with van der Waals surface area (Å²) in [7, 11) is -0.577. The van der Waals surface area contributed by atoms with Crippen molar-refractivity contribution in [3.8, 4) is 0 Å². The van der Waals surface area contributed by atoms with Crippen molar-refractivity contribution in [1.82, 2.24) is 8.87 Å². The van der Waals surface area contributed by atoms with Crippen molar-refractivity contribution >= 4 is 26.9 Å². The lowest BCUT2D eigenvalue weighted by Gasteiger charge is -2.12. The van der Waals surface area contributed by atoms with Crippen LogP contribution < -0.4 is 5.73 Å². The molecule has 0 aliphatic carbocycles. The number of quaternary nitrogens is 1. The second kappa shape index (κ2) is 9.23. The maximum absolute atomic E-state index is 14.3. The molecule has 0 spiro atoms. The lowest BCUT2D eigenvalue weighted by Crippen LogP contribution is -2.49. The Kier molecular flexibility index (Phi) is 6.82. The van der Waals surface area contributed by atoms with E-state index in [0.717, 1.165) is 32.0 Å². The quantitative estimate of drug-likeness (QED) is 0.539. The molecule has 0 bridgehead atoms. The molecule has 0 saturated heterocycles. The normalized spacial score (nSPS) is 12.6. The van der Waals surface area contributed by atoms with Crippen molar-refractivity contribution in [3.05, 3.63) is 76.8 Å². The maximum atomic E-state index is 14.3. The number of fused-ring (bicyclic) bond motifs is 1. The molecule has 9 heteroatoms. The van der Waals surface area contributed by atoms with Crippen LogP contribution in [0.25, 0.3) is 10.9 Å². The fraction of sp³-hybridized carbons (Fsp3) is 0.261. The predicted molar refractivity (Wildman–Crippen MR) is 121 cm³/mol. The van der Waals surface area contributed by atoms with Gasteiger partial charge >= 0.3 is 5.97 Å². The zero-order valence-corrected chi connectivity index (χ0v) is 19.1. The zero-order valence-electron chi connectivity index (χ0n) is 18.3. The average molecular weight is 461 g/mol. The lowest BCUT2D eigenvalue weighted by molar-refractivity contribution is -0.353. The Morgan fingerprint density at radius 2 is 1.84 bits per heavy atom.